The van der Waals surface area contributed by atoms with E-state index in [4.69, 9.17) is 16.1 Å². The number of halogens is 1. The summed E-state index contributed by atoms with van der Waals surface area (Å²) in [5.41, 5.74) is 3.17. The Hall–Kier alpha value is -1.32. The lowest BCUT2D eigenvalue weighted by Crippen LogP contribution is -2.22. The van der Waals surface area contributed by atoms with Gasteiger partial charge >= 0.3 is 0 Å². The van der Waals surface area contributed by atoms with Crippen molar-refractivity contribution >= 4 is 11.6 Å². The van der Waals surface area contributed by atoms with Crippen molar-refractivity contribution in [1.29, 1.82) is 0 Å². The first kappa shape index (κ1) is 9.87. The molecule has 0 radical (unpaired) electrons. The van der Waals surface area contributed by atoms with Gasteiger partial charge in [0, 0.05) is 16.1 Å². The first-order valence-corrected chi connectivity index (χ1v) is 5.66. The van der Waals surface area contributed by atoms with E-state index in [0.29, 0.717) is 0 Å². The Morgan fingerprint density at radius 2 is 2.31 bits per heavy atom. The van der Waals surface area contributed by atoms with Crippen molar-refractivity contribution in [2.45, 2.75) is 13.0 Å². The molecule has 0 fully saturated rings. The van der Waals surface area contributed by atoms with E-state index in [1.165, 1.54) is 5.56 Å². The Morgan fingerprint density at radius 3 is 3.19 bits per heavy atom. The molecule has 1 aromatic heterocycles. The summed E-state index contributed by atoms with van der Waals surface area (Å²) >= 11 is 5.97. The molecule has 1 aliphatic heterocycles. The van der Waals surface area contributed by atoms with Gasteiger partial charge in [0.25, 0.3) is 0 Å². The molecule has 0 aliphatic carbocycles. The van der Waals surface area contributed by atoms with Crippen LogP contribution in [0.3, 0.4) is 0 Å². The molecule has 1 aromatic carbocycles. The van der Waals surface area contributed by atoms with Gasteiger partial charge in [0.2, 0.25) is 0 Å². The van der Waals surface area contributed by atoms with Crippen LogP contribution < -0.4 is 5.32 Å². The topological polar surface area (TPSA) is 38.1 Å². The molecule has 0 saturated heterocycles. The summed E-state index contributed by atoms with van der Waals surface area (Å²) < 4.78 is 5.33. The summed E-state index contributed by atoms with van der Waals surface area (Å²) in [5, 5.41) is 8.12. The summed E-state index contributed by atoms with van der Waals surface area (Å²) in [6, 6.07) is 7.72. The van der Waals surface area contributed by atoms with Gasteiger partial charge in [-0.1, -0.05) is 28.9 Å². The maximum Gasteiger partial charge on any atom is 0.154 e. The predicted octanol–water partition coefficient (Wildman–Crippen LogP) is 2.64. The van der Waals surface area contributed by atoms with Crippen LogP contribution in [0.1, 0.15) is 11.3 Å². The number of nitrogens with zero attached hydrogens (tertiary/aromatic N) is 1. The number of hydrogen-bond donors (Lipinski definition) is 1. The molecule has 0 spiro atoms. The molecule has 3 rings (SSSR count). The third-order valence-corrected chi connectivity index (χ3v) is 3.04. The van der Waals surface area contributed by atoms with Crippen molar-refractivity contribution in [3.63, 3.8) is 0 Å². The van der Waals surface area contributed by atoms with Crippen LogP contribution in [0.2, 0.25) is 5.02 Å². The molecule has 1 N–H and O–H groups in total. The number of rotatable bonds is 1. The highest BCUT2D eigenvalue weighted by molar-refractivity contribution is 6.30. The predicted molar refractivity (Wildman–Crippen MR) is 62.4 cm³/mol. The maximum atomic E-state index is 5.97. The monoisotopic (exact) mass is 234 g/mol. The van der Waals surface area contributed by atoms with E-state index < -0.39 is 0 Å². The zero-order chi connectivity index (χ0) is 11.0. The van der Waals surface area contributed by atoms with Crippen LogP contribution >= 0.6 is 11.6 Å². The van der Waals surface area contributed by atoms with Gasteiger partial charge in [0.05, 0.1) is 6.54 Å². The van der Waals surface area contributed by atoms with E-state index >= 15 is 0 Å². The molecular formula is C12H11ClN2O. The molecule has 16 heavy (non-hydrogen) atoms. The number of benzene rings is 1. The van der Waals surface area contributed by atoms with Crippen molar-refractivity contribution < 1.29 is 4.52 Å². The fraction of sp³-hybridized carbons (Fsp3) is 0.250. The summed E-state index contributed by atoms with van der Waals surface area (Å²) in [7, 11) is 0. The summed E-state index contributed by atoms with van der Waals surface area (Å²) in [6.45, 7) is 1.74. The number of nitrogens with one attached hydrogen (secondary N) is 1. The molecular weight excluding hydrogens is 224 g/mol. The van der Waals surface area contributed by atoms with Crippen molar-refractivity contribution in [1.82, 2.24) is 10.5 Å². The molecule has 0 saturated carbocycles. The van der Waals surface area contributed by atoms with Gasteiger partial charge in [-0.25, -0.2) is 0 Å². The second-order valence-electron chi connectivity index (χ2n) is 3.87. The van der Waals surface area contributed by atoms with Crippen molar-refractivity contribution in [3.05, 3.63) is 40.6 Å². The first-order valence-electron chi connectivity index (χ1n) is 5.28. The number of hydrogen-bond acceptors (Lipinski definition) is 3. The SMILES string of the molecule is Clc1cccc(-c2noc3c2CCNC3)c1. The summed E-state index contributed by atoms with van der Waals surface area (Å²) in [6.07, 6.45) is 0.959. The van der Waals surface area contributed by atoms with Crippen LogP contribution in [0.25, 0.3) is 11.3 Å². The van der Waals surface area contributed by atoms with E-state index in [9.17, 15) is 0 Å². The molecule has 0 atom stereocenters. The highest BCUT2D eigenvalue weighted by atomic mass is 35.5. The average Bonchev–Trinajstić information content (AvgIpc) is 2.72. The van der Waals surface area contributed by atoms with Gasteiger partial charge in [-0.15, -0.1) is 0 Å². The molecule has 3 nitrogen and oxygen atoms in total. The lowest BCUT2D eigenvalue weighted by Gasteiger charge is -2.10. The molecule has 2 aromatic rings. The fourth-order valence-corrected chi connectivity index (χ4v) is 2.21. The second kappa shape index (κ2) is 3.92. The third-order valence-electron chi connectivity index (χ3n) is 2.80. The Labute approximate surface area is 98.4 Å². The molecule has 0 amide bonds. The Bertz CT molecular complexity index is 521. The minimum absolute atomic E-state index is 0.725. The van der Waals surface area contributed by atoms with Crippen LogP contribution in [0, 0.1) is 0 Å². The second-order valence-corrected chi connectivity index (χ2v) is 4.31. The van der Waals surface area contributed by atoms with Crippen LogP contribution in [-0.4, -0.2) is 11.7 Å². The summed E-state index contributed by atoms with van der Waals surface area (Å²) in [5.74, 6) is 0.946. The minimum atomic E-state index is 0.725. The van der Waals surface area contributed by atoms with E-state index in [0.717, 1.165) is 41.6 Å². The highest BCUT2D eigenvalue weighted by Gasteiger charge is 2.19. The smallest absolute Gasteiger partial charge is 0.154 e. The third kappa shape index (κ3) is 1.62. The first-order chi connectivity index (χ1) is 7.84. The Morgan fingerprint density at radius 1 is 1.38 bits per heavy atom. The lowest BCUT2D eigenvalue weighted by molar-refractivity contribution is 0.367. The average molecular weight is 235 g/mol. The zero-order valence-electron chi connectivity index (χ0n) is 8.66. The molecule has 0 unspecified atom stereocenters. The van der Waals surface area contributed by atoms with Crippen molar-refractivity contribution in [3.8, 4) is 11.3 Å². The van der Waals surface area contributed by atoms with E-state index in [1.54, 1.807) is 0 Å². The largest absolute Gasteiger partial charge is 0.359 e. The van der Waals surface area contributed by atoms with Gasteiger partial charge in [-0.2, -0.15) is 0 Å². The maximum absolute atomic E-state index is 5.97. The summed E-state index contributed by atoms with van der Waals surface area (Å²) in [4.78, 5) is 0. The van der Waals surface area contributed by atoms with Gasteiger partial charge in [0.1, 0.15) is 5.69 Å². The van der Waals surface area contributed by atoms with Gasteiger partial charge in [-0.05, 0) is 25.1 Å². The van der Waals surface area contributed by atoms with Crippen LogP contribution in [0.5, 0.6) is 0 Å². The van der Waals surface area contributed by atoms with Gasteiger partial charge < -0.3 is 9.84 Å². The Kier molecular flexibility index (Phi) is 2.42. The quantitative estimate of drug-likeness (QED) is 0.825. The highest BCUT2D eigenvalue weighted by Crippen LogP contribution is 2.28. The fourth-order valence-electron chi connectivity index (χ4n) is 2.02. The van der Waals surface area contributed by atoms with Crippen molar-refractivity contribution in [2.24, 2.45) is 0 Å². The standard InChI is InChI=1S/C12H11ClN2O/c13-9-3-1-2-8(6-9)12-10-4-5-14-7-11(10)16-15-12/h1-3,6,14H,4-5,7H2. The van der Waals surface area contributed by atoms with Gasteiger partial charge in [0.15, 0.2) is 5.76 Å². The van der Waals surface area contributed by atoms with Crippen molar-refractivity contribution in [2.75, 3.05) is 6.54 Å². The molecule has 1 aliphatic rings. The normalized spacial score (nSPS) is 14.8. The van der Waals surface area contributed by atoms with E-state index in [-0.39, 0.29) is 0 Å². The van der Waals surface area contributed by atoms with Gasteiger partial charge in [-0.3, -0.25) is 0 Å². The minimum Gasteiger partial charge on any atom is -0.359 e. The zero-order valence-corrected chi connectivity index (χ0v) is 9.42. The molecule has 82 valence electrons. The molecule has 0 bridgehead atoms. The number of fused-ring (bicyclic) bond motifs is 1. The van der Waals surface area contributed by atoms with Crippen LogP contribution in [-0.2, 0) is 13.0 Å². The Balaban J connectivity index is 2.09. The van der Waals surface area contributed by atoms with E-state index in [1.807, 2.05) is 24.3 Å². The van der Waals surface area contributed by atoms with E-state index in [2.05, 4.69) is 10.5 Å². The van der Waals surface area contributed by atoms with Crippen LogP contribution in [0.4, 0.5) is 0 Å². The number of aromatic nitrogens is 1. The molecule has 4 heteroatoms. The lowest BCUT2D eigenvalue weighted by atomic mass is 10.0. The molecule has 2 heterocycles. The van der Waals surface area contributed by atoms with Crippen LogP contribution in [0.15, 0.2) is 28.8 Å².